The zero-order chi connectivity index (χ0) is 25.2. The molecule has 7 heteroatoms. The van der Waals surface area contributed by atoms with Crippen LogP contribution in [0.5, 0.6) is 0 Å². The molecule has 2 aromatic rings. The van der Waals surface area contributed by atoms with Crippen LogP contribution in [0.25, 0.3) is 10.4 Å². The van der Waals surface area contributed by atoms with Crippen LogP contribution in [0.4, 0.5) is 11.5 Å². The number of hydrogen-bond donors (Lipinski definition) is 2. The molecule has 3 heterocycles. The molecule has 0 unspecified atom stereocenters. The fourth-order valence-electron chi connectivity index (χ4n) is 5.90. The van der Waals surface area contributed by atoms with E-state index in [1.807, 2.05) is 0 Å². The summed E-state index contributed by atoms with van der Waals surface area (Å²) in [6.45, 7) is 16.8. The third kappa shape index (κ3) is 5.25. The SMILES string of the molecule is [C-]#[N+]c1cnc(C(=O)Nc2ccc(C3(CN4CCCC4)CCOCC3)cc2C2=CCC(C)(C)CC2)[nH]1. The molecular weight excluding hydrogens is 450 g/mol. The lowest BCUT2D eigenvalue weighted by atomic mass is 9.72. The number of benzene rings is 1. The summed E-state index contributed by atoms with van der Waals surface area (Å²) in [5.41, 5.74) is 4.94. The van der Waals surface area contributed by atoms with Gasteiger partial charge in [-0.3, -0.25) is 9.78 Å². The summed E-state index contributed by atoms with van der Waals surface area (Å²) in [4.78, 5) is 25.8. The maximum absolute atomic E-state index is 13.0. The lowest BCUT2D eigenvalue weighted by molar-refractivity contribution is 0.0370. The largest absolute Gasteiger partial charge is 0.381 e. The number of H-pyrrole nitrogens is 1. The number of likely N-dealkylation sites (tertiary alicyclic amines) is 1. The van der Waals surface area contributed by atoms with Gasteiger partial charge in [-0.1, -0.05) is 32.6 Å². The van der Waals surface area contributed by atoms with Crippen LogP contribution in [-0.2, 0) is 10.2 Å². The molecular formula is C29H37N5O2. The first-order valence-electron chi connectivity index (χ1n) is 13.3. The van der Waals surface area contributed by atoms with Crippen LogP contribution in [-0.4, -0.2) is 53.6 Å². The van der Waals surface area contributed by atoms with Gasteiger partial charge in [0, 0.05) is 36.4 Å². The summed E-state index contributed by atoms with van der Waals surface area (Å²) in [5.74, 6) is 0.0921. The molecule has 0 atom stereocenters. The number of hydrogen-bond acceptors (Lipinski definition) is 4. The Morgan fingerprint density at radius 3 is 2.67 bits per heavy atom. The lowest BCUT2D eigenvalue weighted by Gasteiger charge is -2.41. The molecule has 3 aliphatic rings. The Labute approximate surface area is 214 Å². The molecule has 1 aromatic heterocycles. The Hall–Kier alpha value is -2.95. The zero-order valence-corrected chi connectivity index (χ0v) is 21.5. The average Bonchev–Trinajstić information content (AvgIpc) is 3.57. The number of nitrogens with zero attached hydrogens (tertiary/aromatic N) is 3. The Morgan fingerprint density at radius 2 is 2.00 bits per heavy atom. The number of anilines is 1. The molecule has 1 aliphatic carbocycles. The van der Waals surface area contributed by atoms with Crippen LogP contribution < -0.4 is 5.32 Å². The second-order valence-corrected chi connectivity index (χ2v) is 11.4. The second-order valence-electron chi connectivity index (χ2n) is 11.4. The van der Waals surface area contributed by atoms with Crippen LogP contribution in [0, 0.1) is 12.0 Å². The second kappa shape index (κ2) is 10.2. The standard InChI is InChI=1S/C29H37N5O2/c1-28(2)10-8-21(9-11-28)23-18-22(29(12-16-36-17-13-29)20-34-14-4-5-15-34)6-7-24(23)32-27(35)26-31-19-25(30-3)33-26/h6-8,18-19H,4-5,9-17,20H2,1-2H3,(H,31,33)(H,32,35). The predicted octanol–water partition coefficient (Wildman–Crippen LogP) is 5.95. The summed E-state index contributed by atoms with van der Waals surface area (Å²) >= 11 is 0. The Kier molecular flexibility index (Phi) is 7.00. The topological polar surface area (TPSA) is 74.6 Å². The van der Waals surface area contributed by atoms with E-state index in [0.29, 0.717) is 5.41 Å². The number of allylic oxidation sites excluding steroid dienone is 2. The van der Waals surface area contributed by atoms with Gasteiger partial charge in [-0.15, -0.1) is 0 Å². The molecule has 190 valence electrons. The summed E-state index contributed by atoms with van der Waals surface area (Å²) in [5, 5.41) is 3.09. The molecule has 2 fully saturated rings. The van der Waals surface area contributed by atoms with E-state index >= 15 is 0 Å². The molecule has 0 bridgehead atoms. The van der Waals surface area contributed by atoms with Gasteiger partial charge in [-0.05, 0) is 86.7 Å². The average molecular weight is 488 g/mol. The molecule has 5 rings (SSSR count). The van der Waals surface area contributed by atoms with Crippen LogP contribution in [0.1, 0.15) is 80.5 Å². The number of carbonyl (C=O) groups is 1. The minimum Gasteiger partial charge on any atom is -0.381 e. The van der Waals surface area contributed by atoms with Crippen molar-refractivity contribution in [3.05, 3.63) is 58.8 Å². The van der Waals surface area contributed by atoms with Gasteiger partial charge >= 0.3 is 5.91 Å². The number of aromatic nitrogens is 2. The fraction of sp³-hybridized carbons (Fsp3) is 0.552. The zero-order valence-electron chi connectivity index (χ0n) is 21.5. The molecule has 2 aliphatic heterocycles. The predicted molar refractivity (Wildman–Crippen MR) is 142 cm³/mol. The van der Waals surface area contributed by atoms with Crippen molar-refractivity contribution in [2.45, 2.75) is 64.2 Å². The van der Waals surface area contributed by atoms with Gasteiger partial charge in [0.2, 0.25) is 5.82 Å². The third-order valence-corrected chi connectivity index (χ3v) is 8.27. The molecule has 2 N–H and O–H groups in total. The highest BCUT2D eigenvalue weighted by atomic mass is 16.5. The highest BCUT2D eigenvalue weighted by Crippen LogP contribution is 2.43. The molecule has 7 nitrogen and oxygen atoms in total. The minimum atomic E-state index is -0.325. The first-order valence-corrected chi connectivity index (χ1v) is 13.3. The number of imidazole rings is 1. The van der Waals surface area contributed by atoms with E-state index in [0.717, 1.165) is 63.1 Å². The van der Waals surface area contributed by atoms with Crippen molar-refractivity contribution in [2.75, 3.05) is 38.2 Å². The van der Waals surface area contributed by atoms with E-state index in [9.17, 15) is 4.79 Å². The van der Waals surface area contributed by atoms with Crippen LogP contribution >= 0.6 is 0 Å². The first kappa shape index (κ1) is 24.7. The van der Waals surface area contributed by atoms with Gasteiger partial charge in [-0.25, -0.2) is 4.98 Å². The van der Waals surface area contributed by atoms with Crippen molar-refractivity contribution in [3.63, 3.8) is 0 Å². The highest BCUT2D eigenvalue weighted by Gasteiger charge is 2.37. The Bertz CT molecular complexity index is 1180. The maximum Gasteiger partial charge on any atom is 0.314 e. The molecule has 0 spiro atoms. The van der Waals surface area contributed by atoms with Crippen molar-refractivity contribution >= 4 is 23.0 Å². The highest BCUT2D eigenvalue weighted by molar-refractivity contribution is 6.03. The summed E-state index contributed by atoms with van der Waals surface area (Å²) in [6.07, 6.45) is 11.5. The summed E-state index contributed by atoms with van der Waals surface area (Å²) < 4.78 is 5.80. The number of amides is 1. The van der Waals surface area contributed by atoms with Gasteiger partial charge in [0.15, 0.2) is 0 Å². The summed E-state index contributed by atoms with van der Waals surface area (Å²) in [6, 6.07) is 6.62. The van der Waals surface area contributed by atoms with Crippen molar-refractivity contribution < 1.29 is 9.53 Å². The molecule has 36 heavy (non-hydrogen) atoms. The van der Waals surface area contributed by atoms with Crippen molar-refractivity contribution in [3.8, 4) is 0 Å². The quantitative estimate of drug-likeness (QED) is 0.494. The van der Waals surface area contributed by atoms with Gasteiger partial charge in [0.25, 0.3) is 5.82 Å². The monoisotopic (exact) mass is 487 g/mol. The van der Waals surface area contributed by atoms with Gasteiger partial charge in [0.1, 0.15) is 0 Å². The van der Waals surface area contributed by atoms with Gasteiger partial charge < -0.3 is 19.8 Å². The van der Waals surface area contributed by atoms with E-state index in [4.69, 9.17) is 11.3 Å². The minimum absolute atomic E-state index is 0.0694. The Morgan fingerprint density at radius 1 is 1.22 bits per heavy atom. The number of carbonyl (C=O) groups excluding carboxylic acids is 1. The van der Waals surface area contributed by atoms with Crippen LogP contribution in [0.2, 0.25) is 0 Å². The van der Waals surface area contributed by atoms with Gasteiger partial charge in [-0.2, -0.15) is 0 Å². The van der Waals surface area contributed by atoms with E-state index in [1.54, 1.807) is 0 Å². The molecule has 1 aromatic carbocycles. The molecule has 2 saturated heterocycles. The first-order chi connectivity index (χ1) is 17.4. The van der Waals surface area contributed by atoms with Crippen molar-refractivity contribution in [1.29, 1.82) is 0 Å². The van der Waals surface area contributed by atoms with Crippen LogP contribution in [0.3, 0.4) is 0 Å². The molecule has 1 amide bonds. The van der Waals surface area contributed by atoms with Crippen molar-refractivity contribution in [2.24, 2.45) is 5.41 Å². The number of rotatable bonds is 6. The molecule has 0 saturated carbocycles. The number of nitrogens with one attached hydrogen (secondary N) is 2. The van der Waals surface area contributed by atoms with Crippen molar-refractivity contribution in [1.82, 2.24) is 14.9 Å². The smallest absolute Gasteiger partial charge is 0.314 e. The van der Waals surface area contributed by atoms with E-state index in [-0.39, 0.29) is 23.0 Å². The third-order valence-electron chi connectivity index (χ3n) is 8.27. The summed E-state index contributed by atoms with van der Waals surface area (Å²) in [7, 11) is 0. The van der Waals surface area contributed by atoms with Gasteiger partial charge in [0.05, 0.1) is 6.20 Å². The number of ether oxygens (including phenoxy) is 1. The Balaban J connectivity index is 1.51. The number of aromatic amines is 1. The fourth-order valence-corrected chi connectivity index (χ4v) is 5.90. The van der Waals surface area contributed by atoms with Crippen LogP contribution in [0.15, 0.2) is 30.5 Å². The van der Waals surface area contributed by atoms with E-state index < -0.39 is 0 Å². The van der Waals surface area contributed by atoms with E-state index in [1.165, 1.54) is 43.3 Å². The molecule has 0 radical (unpaired) electrons. The maximum atomic E-state index is 13.0. The van der Waals surface area contributed by atoms with E-state index in [2.05, 4.69) is 63.2 Å². The normalized spacial score (nSPS) is 21.5. The lowest BCUT2D eigenvalue weighted by Crippen LogP contribution is -2.44.